The van der Waals surface area contributed by atoms with Gasteiger partial charge in [0.15, 0.2) is 0 Å². The molecule has 0 aliphatic carbocycles. The lowest BCUT2D eigenvalue weighted by Gasteiger charge is -2.24. The van der Waals surface area contributed by atoms with Crippen molar-refractivity contribution in [3.63, 3.8) is 0 Å². The second kappa shape index (κ2) is 5.89. The van der Waals surface area contributed by atoms with Gasteiger partial charge < -0.3 is 10.6 Å². The predicted molar refractivity (Wildman–Crippen MR) is 61.2 cm³/mol. The van der Waals surface area contributed by atoms with Crippen LogP contribution in [-0.2, 0) is 0 Å². The fraction of sp³-hybridized carbons (Fsp3) is 1.00. The van der Waals surface area contributed by atoms with Gasteiger partial charge in [-0.15, -0.1) is 0 Å². The lowest BCUT2D eigenvalue weighted by atomic mass is 10.1. The van der Waals surface area contributed by atoms with E-state index in [1.54, 1.807) is 0 Å². The Kier molecular flexibility index (Phi) is 5.14. The van der Waals surface area contributed by atoms with E-state index in [2.05, 4.69) is 30.6 Å². The van der Waals surface area contributed by atoms with Crippen molar-refractivity contribution in [2.45, 2.75) is 38.3 Å². The highest BCUT2D eigenvalue weighted by Crippen LogP contribution is 2.21. The van der Waals surface area contributed by atoms with Gasteiger partial charge in [-0.1, -0.05) is 6.92 Å². The lowest BCUT2D eigenvalue weighted by Crippen LogP contribution is -2.35. The van der Waals surface area contributed by atoms with Crippen molar-refractivity contribution in [2.75, 3.05) is 25.1 Å². The summed E-state index contributed by atoms with van der Waals surface area (Å²) in [5, 5.41) is 0. The fourth-order valence-electron chi connectivity index (χ4n) is 1.63. The summed E-state index contributed by atoms with van der Waals surface area (Å²) in [4.78, 5) is 2.48. The molecule has 1 heterocycles. The van der Waals surface area contributed by atoms with Gasteiger partial charge in [-0.05, 0) is 38.6 Å². The van der Waals surface area contributed by atoms with Gasteiger partial charge in [0, 0.05) is 17.8 Å². The highest BCUT2D eigenvalue weighted by atomic mass is 32.2. The van der Waals surface area contributed by atoms with Crippen LogP contribution in [0.1, 0.15) is 26.2 Å². The van der Waals surface area contributed by atoms with E-state index < -0.39 is 0 Å². The quantitative estimate of drug-likeness (QED) is 0.733. The largest absolute Gasteiger partial charge is 0.328 e. The summed E-state index contributed by atoms with van der Waals surface area (Å²) in [5.74, 6) is 2.66. The molecule has 0 saturated carbocycles. The summed E-state index contributed by atoms with van der Waals surface area (Å²) in [6.45, 7) is 3.33. The molecule has 1 rings (SSSR count). The molecule has 2 nitrogen and oxygen atoms in total. The lowest BCUT2D eigenvalue weighted by molar-refractivity contribution is 0.252. The van der Waals surface area contributed by atoms with Crippen LogP contribution in [0.4, 0.5) is 0 Å². The van der Waals surface area contributed by atoms with Crippen molar-refractivity contribution in [1.29, 1.82) is 0 Å². The zero-order valence-corrected chi connectivity index (χ0v) is 9.65. The molecule has 2 atom stereocenters. The van der Waals surface area contributed by atoms with E-state index in [1.165, 1.54) is 24.5 Å². The van der Waals surface area contributed by atoms with E-state index in [4.69, 9.17) is 5.73 Å². The second-order valence-corrected chi connectivity index (χ2v) is 5.10. The van der Waals surface area contributed by atoms with Crippen LogP contribution in [0.2, 0.25) is 0 Å². The van der Waals surface area contributed by atoms with Crippen molar-refractivity contribution in [2.24, 2.45) is 5.73 Å². The molecule has 0 amide bonds. The predicted octanol–water partition coefficient (Wildman–Crippen LogP) is 1.55. The minimum Gasteiger partial charge on any atom is -0.328 e. The highest BCUT2D eigenvalue weighted by molar-refractivity contribution is 7.99. The second-order valence-electron chi connectivity index (χ2n) is 3.96. The number of hydrogen-bond acceptors (Lipinski definition) is 3. The molecule has 0 aromatic rings. The molecule has 0 radical (unpaired) electrons. The zero-order chi connectivity index (χ0) is 9.68. The molecule has 2 N–H and O–H groups in total. The standard InChI is InChI=1S/C10H22N2S/c1-3-9(11)4-6-12(2)10-5-7-13-8-10/h9-10H,3-8,11H2,1-2H3. The number of rotatable bonds is 5. The first-order valence-electron chi connectivity index (χ1n) is 5.27. The molecule has 2 unspecified atom stereocenters. The summed E-state index contributed by atoms with van der Waals surface area (Å²) in [6.07, 6.45) is 3.62. The molecule has 0 aromatic carbocycles. The van der Waals surface area contributed by atoms with Crippen LogP contribution in [0.5, 0.6) is 0 Å². The third kappa shape index (κ3) is 3.88. The van der Waals surface area contributed by atoms with Gasteiger partial charge in [-0.3, -0.25) is 0 Å². The summed E-state index contributed by atoms with van der Waals surface area (Å²) in [7, 11) is 2.24. The zero-order valence-electron chi connectivity index (χ0n) is 8.83. The van der Waals surface area contributed by atoms with E-state index in [-0.39, 0.29) is 0 Å². The number of nitrogens with two attached hydrogens (primary N) is 1. The molecule has 1 saturated heterocycles. The minimum absolute atomic E-state index is 0.400. The molecule has 0 spiro atoms. The highest BCUT2D eigenvalue weighted by Gasteiger charge is 2.19. The first kappa shape index (κ1) is 11.3. The molecular formula is C10H22N2S. The van der Waals surface area contributed by atoms with Gasteiger partial charge in [-0.25, -0.2) is 0 Å². The van der Waals surface area contributed by atoms with E-state index in [9.17, 15) is 0 Å². The van der Waals surface area contributed by atoms with Crippen LogP contribution in [-0.4, -0.2) is 42.1 Å². The van der Waals surface area contributed by atoms with Crippen LogP contribution < -0.4 is 5.73 Å². The van der Waals surface area contributed by atoms with Crippen molar-refractivity contribution in [3.8, 4) is 0 Å². The summed E-state index contributed by atoms with van der Waals surface area (Å²) in [5.41, 5.74) is 5.89. The summed E-state index contributed by atoms with van der Waals surface area (Å²) >= 11 is 2.08. The van der Waals surface area contributed by atoms with E-state index in [0.717, 1.165) is 18.9 Å². The van der Waals surface area contributed by atoms with Crippen molar-refractivity contribution >= 4 is 11.8 Å². The first-order chi connectivity index (χ1) is 6.24. The molecular weight excluding hydrogens is 180 g/mol. The average Bonchev–Trinajstić information content (AvgIpc) is 2.66. The van der Waals surface area contributed by atoms with Gasteiger partial charge in [-0.2, -0.15) is 11.8 Å². The Bertz CT molecular complexity index is 135. The summed E-state index contributed by atoms with van der Waals surface area (Å²) < 4.78 is 0. The van der Waals surface area contributed by atoms with Gasteiger partial charge in [0.05, 0.1) is 0 Å². The van der Waals surface area contributed by atoms with Crippen LogP contribution in [0.25, 0.3) is 0 Å². The molecule has 1 aliphatic heterocycles. The van der Waals surface area contributed by atoms with E-state index >= 15 is 0 Å². The number of thioether (sulfide) groups is 1. The van der Waals surface area contributed by atoms with E-state index in [0.29, 0.717) is 6.04 Å². The van der Waals surface area contributed by atoms with Crippen molar-refractivity contribution < 1.29 is 0 Å². The Morgan fingerprint density at radius 2 is 2.38 bits per heavy atom. The van der Waals surface area contributed by atoms with Crippen LogP contribution in [0.3, 0.4) is 0 Å². The van der Waals surface area contributed by atoms with E-state index in [1.807, 2.05) is 0 Å². The first-order valence-corrected chi connectivity index (χ1v) is 6.43. The number of nitrogens with zero attached hydrogens (tertiary/aromatic N) is 1. The maximum Gasteiger partial charge on any atom is 0.0191 e. The monoisotopic (exact) mass is 202 g/mol. The normalized spacial score (nSPS) is 25.4. The summed E-state index contributed by atoms with van der Waals surface area (Å²) in [6, 6.07) is 1.21. The maximum absolute atomic E-state index is 5.89. The smallest absolute Gasteiger partial charge is 0.0191 e. The minimum atomic E-state index is 0.400. The van der Waals surface area contributed by atoms with Crippen LogP contribution in [0, 0.1) is 0 Å². The Hall–Kier alpha value is 0.270. The van der Waals surface area contributed by atoms with Crippen LogP contribution >= 0.6 is 11.8 Å². The van der Waals surface area contributed by atoms with Gasteiger partial charge in [0.25, 0.3) is 0 Å². The van der Waals surface area contributed by atoms with Crippen molar-refractivity contribution in [1.82, 2.24) is 4.90 Å². The van der Waals surface area contributed by atoms with Crippen LogP contribution in [0.15, 0.2) is 0 Å². The fourth-order valence-corrected chi connectivity index (χ4v) is 2.92. The van der Waals surface area contributed by atoms with Gasteiger partial charge in [0.1, 0.15) is 0 Å². The maximum atomic E-state index is 5.89. The molecule has 13 heavy (non-hydrogen) atoms. The average molecular weight is 202 g/mol. The SMILES string of the molecule is CCC(N)CCN(C)C1CCSC1. The van der Waals surface area contributed by atoms with Crippen molar-refractivity contribution in [3.05, 3.63) is 0 Å². The Labute approximate surface area is 86.2 Å². The molecule has 78 valence electrons. The Morgan fingerprint density at radius 3 is 2.92 bits per heavy atom. The topological polar surface area (TPSA) is 29.3 Å². The Balaban J connectivity index is 2.12. The molecule has 0 aromatic heterocycles. The van der Waals surface area contributed by atoms with Gasteiger partial charge >= 0.3 is 0 Å². The molecule has 1 aliphatic rings. The third-order valence-corrected chi connectivity index (χ3v) is 4.05. The Morgan fingerprint density at radius 1 is 1.62 bits per heavy atom. The third-order valence-electron chi connectivity index (χ3n) is 2.91. The molecule has 1 fully saturated rings. The number of hydrogen-bond donors (Lipinski definition) is 1. The molecule has 3 heteroatoms. The van der Waals surface area contributed by atoms with Gasteiger partial charge in [0.2, 0.25) is 0 Å². The molecule has 0 bridgehead atoms.